The van der Waals surface area contributed by atoms with E-state index < -0.39 is 0 Å². The van der Waals surface area contributed by atoms with Gasteiger partial charge in [-0.3, -0.25) is 9.59 Å². The summed E-state index contributed by atoms with van der Waals surface area (Å²) in [5.41, 5.74) is 3.60. The van der Waals surface area contributed by atoms with Crippen molar-refractivity contribution in [2.75, 3.05) is 23.3 Å². The van der Waals surface area contributed by atoms with E-state index >= 15 is 0 Å². The number of aryl methyl sites for hydroxylation is 1. The summed E-state index contributed by atoms with van der Waals surface area (Å²) in [6, 6.07) is 12.0. The molecule has 168 valence electrons. The molecule has 6 nitrogen and oxygen atoms in total. The van der Waals surface area contributed by atoms with Crippen LogP contribution in [0.2, 0.25) is 0 Å². The maximum Gasteiger partial charge on any atom is 0.253 e. The zero-order chi connectivity index (χ0) is 22.4. The van der Waals surface area contributed by atoms with E-state index in [0.29, 0.717) is 11.5 Å². The van der Waals surface area contributed by atoms with Gasteiger partial charge in [0, 0.05) is 48.9 Å². The van der Waals surface area contributed by atoms with Crippen molar-refractivity contribution in [2.24, 2.45) is 11.8 Å². The summed E-state index contributed by atoms with van der Waals surface area (Å²) >= 11 is 0. The van der Waals surface area contributed by atoms with Gasteiger partial charge in [0.1, 0.15) is 5.82 Å². The number of carbonyl (C=O) groups excluding carboxylic acids is 2. The maximum absolute atomic E-state index is 13.1. The number of benzene rings is 1. The Bertz CT molecular complexity index is 1040. The number of carbonyl (C=O) groups is 2. The first-order valence-electron chi connectivity index (χ1n) is 11.9. The van der Waals surface area contributed by atoms with Gasteiger partial charge in [0.15, 0.2) is 0 Å². The molecule has 0 bridgehead atoms. The lowest BCUT2D eigenvalue weighted by Gasteiger charge is -2.46. The van der Waals surface area contributed by atoms with E-state index in [9.17, 15) is 9.59 Å². The standard InChI is InChI=1S/C26H32N4O2/c1-16-7-6-8-23(27-16)28-24-17(2)25(19-9-10-19)30(18(3)31)22-12-11-20(15-21(22)24)26(32)29-13-4-5-14-29/h6-8,11-12,15,17,19,24-25H,4-5,9-10,13-14H2,1-3H3,(H,27,28)/t17-,24-,25-/m1/s1. The summed E-state index contributed by atoms with van der Waals surface area (Å²) in [6.07, 6.45) is 4.46. The molecule has 1 aromatic carbocycles. The molecule has 6 heteroatoms. The molecule has 1 N–H and O–H groups in total. The molecule has 3 aliphatic rings. The highest BCUT2D eigenvalue weighted by molar-refractivity contribution is 5.98. The average molecular weight is 433 g/mol. The second-order valence-corrected chi connectivity index (χ2v) is 9.64. The van der Waals surface area contributed by atoms with Gasteiger partial charge < -0.3 is 15.1 Å². The van der Waals surface area contributed by atoms with Crippen molar-refractivity contribution in [3.05, 3.63) is 53.2 Å². The Hall–Kier alpha value is -2.89. The van der Waals surface area contributed by atoms with Crippen LogP contribution in [-0.2, 0) is 4.79 Å². The van der Waals surface area contributed by atoms with Crippen LogP contribution >= 0.6 is 0 Å². The van der Waals surface area contributed by atoms with E-state index in [4.69, 9.17) is 0 Å². The summed E-state index contributed by atoms with van der Waals surface area (Å²) in [6.45, 7) is 7.52. The first-order valence-corrected chi connectivity index (χ1v) is 11.9. The number of rotatable bonds is 4. The highest BCUT2D eigenvalue weighted by atomic mass is 16.2. The summed E-state index contributed by atoms with van der Waals surface area (Å²) in [4.78, 5) is 34.5. The lowest BCUT2D eigenvalue weighted by molar-refractivity contribution is -0.117. The Morgan fingerprint density at radius 1 is 1.09 bits per heavy atom. The normalized spacial score (nSPS) is 24.9. The first kappa shape index (κ1) is 21.0. The van der Waals surface area contributed by atoms with E-state index in [0.717, 1.165) is 61.5 Å². The molecule has 2 aromatic rings. The number of fused-ring (bicyclic) bond motifs is 1. The Balaban J connectivity index is 1.58. The van der Waals surface area contributed by atoms with Crippen LogP contribution in [0.15, 0.2) is 36.4 Å². The fourth-order valence-corrected chi connectivity index (χ4v) is 5.58. The van der Waals surface area contributed by atoms with Crippen molar-refractivity contribution in [3.8, 4) is 0 Å². The number of nitrogens with zero attached hydrogens (tertiary/aromatic N) is 3. The van der Waals surface area contributed by atoms with E-state index in [2.05, 4.69) is 17.2 Å². The Kier molecular flexibility index (Phi) is 5.39. The Morgan fingerprint density at radius 2 is 1.84 bits per heavy atom. The molecule has 0 unspecified atom stereocenters. The van der Waals surface area contributed by atoms with Crippen molar-refractivity contribution in [1.29, 1.82) is 0 Å². The van der Waals surface area contributed by atoms with Crippen molar-refractivity contribution >= 4 is 23.3 Å². The molecular formula is C26H32N4O2. The van der Waals surface area contributed by atoms with Crippen molar-refractivity contribution in [3.63, 3.8) is 0 Å². The first-order chi connectivity index (χ1) is 15.4. The molecule has 2 amide bonds. The van der Waals surface area contributed by atoms with Gasteiger partial charge in [-0.2, -0.15) is 0 Å². The summed E-state index contributed by atoms with van der Waals surface area (Å²) in [5.74, 6) is 1.71. The minimum atomic E-state index is -0.0215. The SMILES string of the molecule is CC(=O)N1c2ccc(C(=O)N3CCCC3)cc2[C@H](Nc2cccc(C)n2)[C@@H](C)[C@@H]1C1CC1. The van der Waals surface area contributed by atoms with Gasteiger partial charge in [0.05, 0.1) is 6.04 Å². The summed E-state index contributed by atoms with van der Waals surface area (Å²) < 4.78 is 0. The minimum absolute atomic E-state index is 0.0215. The molecule has 2 aliphatic heterocycles. The summed E-state index contributed by atoms with van der Waals surface area (Å²) in [5, 5.41) is 3.66. The number of hydrogen-bond acceptors (Lipinski definition) is 4. The molecule has 0 radical (unpaired) electrons. The largest absolute Gasteiger partial charge is 0.363 e. The predicted molar refractivity (Wildman–Crippen MR) is 126 cm³/mol. The van der Waals surface area contributed by atoms with Crippen molar-refractivity contribution in [2.45, 2.75) is 58.5 Å². The van der Waals surface area contributed by atoms with Crippen LogP contribution in [0.25, 0.3) is 0 Å². The lowest BCUT2D eigenvalue weighted by Crippen LogP contribution is -2.51. The van der Waals surface area contributed by atoms with Gasteiger partial charge >= 0.3 is 0 Å². The van der Waals surface area contributed by atoms with Gasteiger partial charge in [-0.05, 0) is 74.4 Å². The lowest BCUT2D eigenvalue weighted by atomic mass is 9.79. The van der Waals surface area contributed by atoms with Crippen LogP contribution in [0.3, 0.4) is 0 Å². The molecule has 3 heterocycles. The van der Waals surface area contributed by atoms with Crippen molar-refractivity contribution < 1.29 is 9.59 Å². The van der Waals surface area contributed by atoms with Crippen LogP contribution in [0.5, 0.6) is 0 Å². The van der Waals surface area contributed by atoms with Gasteiger partial charge in [0.2, 0.25) is 5.91 Å². The van der Waals surface area contributed by atoms with Crippen molar-refractivity contribution in [1.82, 2.24) is 9.88 Å². The molecule has 3 atom stereocenters. The second kappa shape index (κ2) is 8.23. The van der Waals surface area contributed by atoms with E-state index in [1.165, 1.54) is 0 Å². The zero-order valence-corrected chi connectivity index (χ0v) is 19.2. The predicted octanol–water partition coefficient (Wildman–Crippen LogP) is 4.56. The second-order valence-electron chi connectivity index (χ2n) is 9.64. The maximum atomic E-state index is 13.1. The molecule has 0 spiro atoms. The zero-order valence-electron chi connectivity index (χ0n) is 19.2. The van der Waals surface area contributed by atoms with E-state index in [1.807, 2.05) is 53.1 Å². The number of aromatic nitrogens is 1. The van der Waals surface area contributed by atoms with Crippen LogP contribution < -0.4 is 10.2 Å². The van der Waals surface area contributed by atoms with Gasteiger partial charge in [-0.15, -0.1) is 0 Å². The monoisotopic (exact) mass is 432 g/mol. The minimum Gasteiger partial charge on any atom is -0.363 e. The quantitative estimate of drug-likeness (QED) is 0.769. The molecule has 32 heavy (non-hydrogen) atoms. The molecular weight excluding hydrogens is 400 g/mol. The number of pyridine rings is 1. The number of likely N-dealkylation sites (tertiary alicyclic amines) is 1. The average Bonchev–Trinajstić information content (AvgIpc) is 3.46. The van der Waals surface area contributed by atoms with Crippen LogP contribution in [-0.4, -0.2) is 40.8 Å². The number of nitrogens with one attached hydrogen (secondary N) is 1. The number of hydrogen-bond donors (Lipinski definition) is 1. The molecule has 1 saturated heterocycles. The number of amides is 2. The van der Waals surface area contributed by atoms with Crippen LogP contribution in [0.1, 0.15) is 67.2 Å². The number of anilines is 2. The molecule has 2 fully saturated rings. The third-order valence-corrected chi connectivity index (χ3v) is 7.26. The summed E-state index contributed by atoms with van der Waals surface area (Å²) in [7, 11) is 0. The fourth-order valence-electron chi connectivity index (χ4n) is 5.58. The third-order valence-electron chi connectivity index (χ3n) is 7.26. The topological polar surface area (TPSA) is 65.5 Å². The highest BCUT2D eigenvalue weighted by Gasteiger charge is 2.47. The van der Waals surface area contributed by atoms with Gasteiger partial charge in [-0.25, -0.2) is 4.98 Å². The molecule has 5 rings (SSSR count). The molecule has 1 aromatic heterocycles. The van der Waals surface area contributed by atoms with E-state index in [-0.39, 0.29) is 29.8 Å². The van der Waals surface area contributed by atoms with Crippen LogP contribution in [0, 0.1) is 18.8 Å². The van der Waals surface area contributed by atoms with Gasteiger partial charge in [-0.1, -0.05) is 13.0 Å². The smallest absolute Gasteiger partial charge is 0.253 e. The highest BCUT2D eigenvalue weighted by Crippen LogP contribution is 2.50. The van der Waals surface area contributed by atoms with E-state index in [1.54, 1.807) is 6.92 Å². The van der Waals surface area contributed by atoms with Crippen LogP contribution in [0.4, 0.5) is 11.5 Å². The Morgan fingerprint density at radius 3 is 2.50 bits per heavy atom. The van der Waals surface area contributed by atoms with Gasteiger partial charge in [0.25, 0.3) is 5.91 Å². The fraction of sp³-hybridized carbons (Fsp3) is 0.500. The Labute approximate surface area is 190 Å². The third kappa shape index (κ3) is 3.76. The molecule has 1 aliphatic carbocycles. The molecule has 1 saturated carbocycles.